The summed E-state index contributed by atoms with van der Waals surface area (Å²) in [4.78, 5) is 34.6. The minimum absolute atomic E-state index is 0.0514. The van der Waals surface area contributed by atoms with Gasteiger partial charge in [-0.3, -0.25) is 19.3 Å². The molecule has 0 aromatic carbocycles. The molecule has 1 rings (SSSR count). The third kappa shape index (κ3) is 3.03. The Morgan fingerprint density at radius 3 is 2.44 bits per heavy atom. The largest absolute Gasteiger partial charge is 0.481 e. The second-order valence-corrected chi connectivity index (χ2v) is 3.71. The number of amides is 2. The lowest BCUT2D eigenvalue weighted by Crippen LogP contribution is -2.49. The molecule has 0 radical (unpaired) electrons. The van der Waals surface area contributed by atoms with Crippen LogP contribution in [0.5, 0.6) is 0 Å². The van der Waals surface area contributed by atoms with E-state index in [4.69, 9.17) is 9.84 Å². The van der Waals surface area contributed by atoms with Gasteiger partial charge >= 0.3 is 5.97 Å². The van der Waals surface area contributed by atoms with E-state index in [1.165, 1.54) is 0 Å². The molecule has 1 aliphatic rings. The zero-order valence-corrected chi connectivity index (χ0v) is 9.14. The summed E-state index contributed by atoms with van der Waals surface area (Å²) in [5.74, 6) is -2.58. The van der Waals surface area contributed by atoms with E-state index in [1.807, 2.05) is 6.92 Å². The molecular weight excluding hydrogens is 214 g/mol. The Labute approximate surface area is 93.2 Å². The Bertz CT molecular complexity index is 286. The van der Waals surface area contributed by atoms with Crippen molar-refractivity contribution in [1.29, 1.82) is 0 Å². The van der Waals surface area contributed by atoms with E-state index in [1.54, 1.807) is 0 Å². The van der Waals surface area contributed by atoms with Crippen molar-refractivity contribution in [3.63, 3.8) is 0 Å². The van der Waals surface area contributed by atoms with Gasteiger partial charge in [0.15, 0.2) is 0 Å². The first-order chi connectivity index (χ1) is 7.56. The van der Waals surface area contributed by atoms with Gasteiger partial charge in [0.1, 0.15) is 13.2 Å². The van der Waals surface area contributed by atoms with E-state index in [0.29, 0.717) is 12.8 Å². The molecule has 1 atom stereocenters. The number of carboxylic acids is 1. The molecule has 90 valence electrons. The summed E-state index contributed by atoms with van der Waals surface area (Å²) in [6, 6.07) is 0. The molecule has 1 aliphatic heterocycles. The van der Waals surface area contributed by atoms with Crippen molar-refractivity contribution >= 4 is 17.8 Å². The number of rotatable bonds is 5. The lowest BCUT2D eigenvalue weighted by Gasteiger charge is -2.27. The number of hydrogen-bond acceptors (Lipinski definition) is 4. The number of ether oxygens (including phenoxy) is 1. The summed E-state index contributed by atoms with van der Waals surface area (Å²) in [7, 11) is 0. The van der Waals surface area contributed by atoms with Crippen LogP contribution in [-0.2, 0) is 19.1 Å². The van der Waals surface area contributed by atoms with Crippen LogP contribution in [0, 0.1) is 5.92 Å². The Balaban J connectivity index is 2.64. The molecule has 0 saturated carbocycles. The van der Waals surface area contributed by atoms with Crippen molar-refractivity contribution in [1.82, 2.24) is 4.90 Å². The summed E-state index contributed by atoms with van der Waals surface area (Å²) in [5, 5.41) is 8.93. The molecule has 6 heteroatoms. The van der Waals surface area contributed by atoms with E-state index in [9.17, 15) is 14.4 Å². The smallest absolute Gasteiger partial charge is 0.308 e. The fourth-order valence-electron chi connectivity index (χ4n) is 1.59. The fraction of sp³-hybridized carbons (Fsp3) is 0.700. The lowest BCUT2D eigenvalue weighted by molar-refractivity contribution is -0.160. The third-order valence-electron chi connectivity index (χ3n) is 2.44. The standard InChI is InChI=1S/C10H15NO5/c1-2-3-7(10(14)15)4-11-8(12)5-16-6-9(11)13/h7H,2-6H2,1H3,(H,14,15). The van der Waals surface area contributed by atoms with Crippen molar-refractivity contribution in [2.45, 2.75) is 19.8 Å². The number of nitrogens with zero attached hydrogens (tertiary/aromatic N) is 1. The van der Waals surface area contributed by atoms with Gasteiger partial charge in [-0.05, 0) is 6.42 Å². The quantitative estimate of drug-likeness (QED) is 0.664. The zero-order valence-electron chi connectivity index (χ0n) is 9.14. The molecule has 1 saturated heterocycles. The number of carboxylic acid groups (broad SMARTS) is 1. The van der Waals surface area contributed by atoms with E-state index in [0.717, 1.165) is 4.90 Å². The molecule has 1 heterocycles. The van der Waals surface area contributed by atoms with Crippen LogP contribution in [0.4, 0.5) is 0 Å². The minimum Gasteiger partial charge on any atom is -0.481 e. The van der Waals surface area contributed by atoms with Crippen LogP contribution in [0.1, 0.15) is 19.8 Å². The predicted molar refractivity (Wildman–Crippen MR) is 53.6 cm³/mol. The van der Waals surface area contributed by atoms with Gasteiger partial charge in [-0.15, -0.1) is 0 Å². The topological polar surface area (TPSA) is 83.9 Å². The van der Waals surface area contributed by atoms with Gasteiger partial charge in [-0.25, -0.2) is 0 Å². The second kappa shape index (κ2) is 5.60. The molecule has 0 aliphatic carbocycles. The Hall–Kier alpha value is -1.43. The third-order valence-corrected chi connectivity index (χ3v) is 2.44. The molecule has 1 N–H and O–H groups in total. The highest BCUT2D eigenvalue weighted by Gasteiger charge is 2.30. The average Bonchev–Trinajstić information content (AvgIpc) is 2.21. The molecule has 6 nitrogen and oxygen atoms in total. The molecule has 16 heavy (non-hydrogen) atoms. The fourth-order valence-corrected chi connectivity index (χ4v) is 1.59. The molecular formula is C10H15NO5. The monoisotopic (exact) mass is 229 g/mol. The van der Waals surface area contributed by atoms with Gasteiger partial charge in [0.25, 0.3) is 11.8 Å². The van der Waals surface area contributed by atoms with Crippen LogP contribution in [0.15, 0.2) is 0 Å². The Morgan fingerprint density at radius 1 is 1.44 bits per heavy atom. The summed E-state index contributed by atoms with van der Waals surface area (Å²) >= 11 is 0. The molecule has 0 aromatic heterocycles. The van der Waals surface area contributed by atoms with Crippen molar-refractivity contribution < 1.29 is 24.2 Å². The van der Waals surface area contributed by atoms with Crippen LogP contribution in [0.25, 0.3) is 0 Å². The van der Waals surface area contributed by atoms with Crippen molar-refractivity contribution in [3.8, 4) is 0 Å². The average molecular weight is 229 g/mol. The summed E-state index contributed by atoms with van der Waals surface area (Å²) in [5.41, 5.74) is 0. The first-order valence-electron chi connectivity index (χ1n) is 5.20. The SMILES string of the molecule is CCCC(CN1C(=O)COCC1=O)C(=O)O. The van der Waals surface area contributed by atoms with Crippen molar-refractivity contribution in [3.05, 3.63) is 0 Å². The van der Waals surface area contributed by atoms with Gasteiger partial charge in [-0.2, -0.15) is 0 Å². The second-order valence-electron chi connectivity index (χ2n) is 3.71. The highest BCUT2D eigenvalue weighted by Crippen LogP contribution is 2.11. The molecule has 0 bridgehead atoms. The summed E-state index contributed by atoms with van der Waals surface area (Å²) in [6.07, 6.45) is 1.15. The zero-order chi connectivity index (χ0) is 12.1. The summed E-state index contributed by atoms with van der Waals surface area (Å²) < 4.78 is 4.74. The van der Waals surface area contributed by atoms with E-state index < -0.39 is 23.7 Å². The van der Waals surface area contributed by atoms with Gasteiger partial charge in [0, 0.05) is 6.54 Å². The van der Waals surface area contributed by atoms with Crippen LogP contribution in [-0.4, -0.2) is 47.5 Å². The molecule has 1 unspecified atom stereocenters. The number of carbonyl (C=O) groups excluding carboxylic acids is 2. The van der Waals surface area contributed by atoms with E-state index in [2.05, 4.69) is 0 Å². The normalized spacial score (nSPS) is 18.7. The van der Waals surface area contributed by atoms with Gasteiger partial charge in [0.2, 0.25) is 0 Å². The minimum atomic E-state index is -0.978. The number of aliphatic carboxylic acids is 1. The van der Waals surface area contributed by atoms with Crippen molar-refractivity contribution in [2.24, 2.45) is 5.92 Å². The number of imide groups is 1. The maximum absolute atomic E-state index is 11.4. The first-order valence-corrected chi connectivity index (χ1v) is 5.20. The molecule has 1 fully saturated rings. The Morgan fingerprint density at radius 2 is 2.00 bits per heavy atom. The van der Waals surface area contributed by atoms with E-state index in [-0.39, 0.29) is 19.8 Å². The molecule has 0 aromatic rings. The van der Waals surface area contributed by atoms with Crippen LogP contribution in [0.2, 0.25) is 0 Å². The van der Waals surface area contributed by atoms with Crippen LogP contribution >= 0.6 is 0 Å². The first kappa shape index (κ1) is 12.6. The number of hydrogen-bond donors (Lipinski definition) is 1. The molecule has 2 amide bonds. The maximum atomic E-state index is 11.4. The van der Waals surface area contributed by atoms with E-state index >= 15 is 0 Å². The number of carbonyl (C=O) groups is 3. The highest BCUT2D eigenvalue weighted by molar-refractivity contribution is 5.98. The van der Waals surface area contributed by atoms with Crippen molar-refractivity contribution in [2.75, 3.05) is 19.8 Å². The van der Waals surface area contributed by atoms with Gasteiger partial charge in [-0.1, -0.05) is 13.3 Å². The molecule has 0 spiro atoms. The maximum Gasteiger partial charge on any atom is 0.308 e. The lowest BCUT2D eigenvalue weighted by atomic mass is 10.0. The summed E-state index contributed by atoms with van der Waals surface area (Å²) in [6.45, 7) is 1.51. The van der Waals surface area contributed by atoms with Gasteiger partial charge in [0.05, 0.1) is 5.92 Å². The van der Waals surface area contributed by atoms with Gasteiger partial charge < -0.3 is 9.84 Å². The van der Waals surface area contributed by atoms with Crippen LogP contribution in [0.3, 0.4) is 0 Å². The van der Waals surface area contributed by atoms with Crippen LogP contribution < -0.4 is 0 Å². The number of morpholine rings is 1. The predicted octanol–water partition coefficient (Wildman–Crippen LogP) is -0.127. The Kier molecular flexibility index (Phi) is 4.42. The highest BCUT2D eigenvalue weighted by atomic mass is 16.5.